The molecule has 0 heterocycles. The summed E-state index contributed by atoms with van der Waals surface area (Å²) in [6.45, 7) is 4.03. The predicted octanol–water partition coefficient (Wildman–Crippen LogP) is 3.09. The third kappa shape index (κ3) is 3.39. The first-order chi connectivity index (χ1) is 8.42. The zero-order valence-corrected chi connectivity index (χ0v) is 11.2. The van der Waals surface area contributed by atoms with E-state index in [-0.39, 0.29) is 0 Å². The monoisotopic (exact) mass is 245 g/mol. The molecule has 0 aliphatic rings. The molecule has 0 amide bonds. The second kappa shape index (κ2) is 6.54. The van der Waals surface area contributed by atoms with Crippen LogP contribution < -0.4 is 10.6 Å². The van der Waals surface area contributed by atoms with E-state index in [1.165, 1.54) is 10.6 Å². The van der Waals surface area contributed by atoms with Crippen LogP contribution in [0.25, 0.3) is 0 Å². The molecule has 0 atom stereocenters. The van der Waals surface area contributed by atoms with Crippen molar-refractivity contribution in [3.8, 4) is 0 Å². The van der Waals surface area contributed by atoms with Crippen LogP contribution in [0.4, 0.5) is 0 Å². The molecule has 0 N–H and O–H groups in total. The molecule has 2 rings (SSSR count). The Morgan fingerprint density at radius 1 is 0.882 bits per heavy atom. The van der Waals surface area contributed by atoms with Crippen molar-refractivity contribution in [3.63, 3.8) is 0 Å². The molecule has 2 aromatic rings. The van der Waals surface area contributed by atoms with Gasteiger partial charge in [0.05, 0.1) is 0 Å². The summed E-state index contributed by atoms with van der Waals surface area (Å²) >= 11 is 0. The molecule has 0 fully saturated rings. The van der Waals surface area contributed by atoms with Gasteiger partial charge >= 0.3 is 104 Å². The van der Waals surface area contributed by atoms with E-state index in [2.05, 4.69) is 55.5 Å². The van der Waals surface area contributed by atoms with Crippen LogP contribution in [0.3, 0.4) is 0 Å². The van der Waals surface area contributed by atoms with Crippen molar-refractivity contribution in [1.82, 2.24) is 0 Å². The zero-order valence-electron chi connectivity index (χ0n) is 10.0. The molecular weight excluding hydrogens is 227 g/mol. The summed E-state index contributed by atoms with van der Waals surface area (Å²) < 4.78 is 5.98. The van der Waals surface area contributed by atoms with Crippen molar-refractivity contribution in [2.45, 2.75) is 13.3 Å². The minimum atomic E-state index is -1.52. The van der Waals surface area contributed by atoms with Crippen molar-refractivity contribution in [3.05, 3.63) is 67.3 Å². The fourth-order valence-corrected chi connectivity index (χ4v) is 4.03. The Labute approximate surface area is 104 Å². The summed E-state index contributed by atoms with van der Waals surface area (Å²) in [7, 11) is -1.52. The van der Waals surface area contributed by atoms with Crippen LogP contribution in [0.1, 0.15) is 13.3 Å². The number of hydrogen-bond acceptors (Lipinski definition) is 1. The topological polar surface area (TPSA) is 9.23 Å². The fraction of sp³-hybridized carbons (Fsp3) is 0.133. The number of hydrogen-bond donors (Lipinski definition) is 0. The van der Waals surface area contributed by atoms with Crippen LogP contribution in [0, 0.1) is 6.61 Å². The average molecular weight is 245 g/mol. The molecule has 17 heavy (non-hydrogen) atoms. The van der Waals surface area contributed by atoms with Crippen molar-refractivity contribution in [2.75, 3.05) is 0 Å². The van der Waals surface area contributed by atoms with Gasteiger partial charge in [0.1, 0.15) is 0 Å². The molecule has 0 saturated heterocycles. The zero-order chi connectivity index (χ0) is 11.9. The normalized spacial score (nSPS) is 11.2. The Morgan fingerprint density at radius 2 is 1.35 bits per heavy atom. The first-order valence-corrected chi connectivity index (χ1v) is 7.61. The van der Waals surface area contributed by atoms with Gasteiger partial charge in [-0.2, -0.15) is 0 Å². The molecule has 0 bridgehead atoms. The molecular formula is C15H18OP. The quantitative estimate of drug-likeness (QED) is 0.735. The summed E-state index contributed by atoms with van der Waals surface area (Å²) in [5.41, 5.74) is 0. The summed E-state index contributed by atoms with van der Waals surface area (Å²) in [5, 5.41) is 2.65. The van der Waals surface area contributed by atoms with Crippen LogP contribution in [-0.2, 0) is 4.52 Å². The molecule has 1 nitrogen and oxygen atoms in total. The van der Waals surface area contributed by atoms with Crippen LogP contribution in [0.15, 0.2) is 60.7 Å². The van der Waals surface area contributed by atoms with Crippen LogP contribution >= 0.6 is 8.15 Å². The van der Waals surface area contributed by atoms with Crippen molar-refractivity contribution < 1.29 is 4.52 Å². The van der Waals surface area contributed by atoms with Crippen molar-refractivity contribution >= 4 is 18.8 Å². The first kappa shape index (κ1) is 12.3. The third-order valence-electron chi connectivity index (χ3n) is 2.60. The number of rotatable bonds is 5. The van der Waals surface area contributed by atoms with Gasteiger partial charge in [-0.05, 0) is 0 Å². The predicted molar refractivity (Wildman–Crippen MR) is 77.5 cm³/mol. The van der Waals surface area contributed by atoms with Gasteiger partial charge in [-0.25, -0.2) is 0 Å². The molecule has 89 valence electrons. The van der Waals surface area contributed by atoms with Gasteiger partial charge in [0.15, 0.2) is 0 Å². The third-order valence-corrected chi connectivity index (χ3v) is 5.05. The Kier molecular flexibility index (Phi) is 4.73. The molecule has 0 saturated carbocycles. The molecule has 0 aromatic heterocycles. The maximum absolute atomic E-state index is 5.98. The van der Waals surface area contributed by atoms with E-state index in [0.717, 1.165) is 6.42 Å². The molecule has 0 spiro atoms. The Bertz CT molecular complexity index is 388. The van der Waals surface area contributed by atoms with E-state index >= 15 is 0 Å². The molecule has 2 heteroatoms. The molecule has 0 aliphatic heterocycles. The van der Waals surface area contributed by atoms with Gasteiger partial charge in [0.2, 0.25) is 0 Å². The fourth-order valence-electron chi connectivity index (χ4n) is 1.80. The van der Waals surface area contributed by atoms with Gasteiger partial charge in [-0.3, -0.25) is 0 Å². The average Bonchev–Trinajstić information content (AvgIpc) is 2.42. The van der Waals surface area contributed by atoms with Crippen molar-refractivity contribution in [1.29, 1.82) is 0 Å². The Hall–Kier alpha value is -1.17. The summed E-state index contributed by atoms with van der Waals surface area (Å²) in [6, 6.07) is 21.0. The van der Waals surface area contributed by atoms with E-state index in [9.17, 15) is 0 Å². The van der Waals surface area contributed by atoms with Gasteiger partial charge < -0.3 is 0 Å². The minimum absolute atomic E-state index is 0.948. The van der Waals surface area contributed by atoms with Crippen LogP contribution in [-0.4, -0.2) is 0 Å². The van der Waals surface area contributed by atoms with Gasteiger partial charge in [-0.1, -0.05) is 0 Å². The second-order valence-corrected chi connectivity index (χ2v) is 6.28. The molecule has 0 aliphatic carbocycles. The summed E-state index contributed by atoms with van der Waals surface area (Å²) in [4.78, 5) is 0. The molecule has 1 radical (unpaired) electrons. The SMILES string of the molecule is CC[CH]O[PH2](c1ccccc1)c1ccccc1. The van der Waals surface area contributed by atoms with Crippen LogP contribution in [0.5, 0.6) is 0 Å². The molecule has 2 aromatic carbocycles. The Morgan fingerprint density at radius 3 is 1.76 bits per heavy atom. The van der Waals surface area contributed by atoms with Gasteiger partial charge in [0.25, 0.3) is 0 Å². The number of benzene rings is 2. The Balaban J connectivity index is 2.26. The van der Waals surface area contributed by atoms with Gasteiger partial charge in [0, 0.05) is 0 Å². The van der Waals surface area contributed by atoms with Gasteiger partial charge in [-0.15, -0.1) is 0 Å². The van der Waals surface area contributed by atoms with Crippen LogP contribution in [0.2, 0.25) is 0 Å². The van der Waals surface area contributed by atoms with E-state index in [1.807, 2.05) is 18.7 Å². The standard InChI is InChI=1S/C15H18OP/c1-2-13-16-17(14-9-5-3-6-10-14)15-11-7-4-8-12-15/h3-13H,2,17H2,1H3. The first-order valence-electron chi connectivity index (χ1n) is 5.99. The van der Waals surface area contributed by atoms with E-state index in [0.29, 0.717) is 0 Å². The maximum atomic E-state index is 5.98. The van der Waals surface area contributed by atoms with Crippen molar-refractivity contribution in [2.24, 2.45) is 0 Å². The second-order valence-electron chi connectivity index (χ2n) is 3.91. The summed E-state index contributed by atoms with van der Waals surface area (Å²) in [6.07, 6.45) is 0.948. The van der Waals surface area contributed by atoms with E-state index in [1.54, 1.807) is 0 Å². The summed E-state index contributed by atoms with van der Waals surface area (Å²) in [5.74, 6) is 0. The van der Waals surface area contributed by atoms with E-state index < -0.39 is 8.15 Å². The molecule has 0 unspecified atom stereocenters. The van der Waals surface area contributed by atoms with E-state index in [4.69, 9.17) is 4.52 Å².